The highest BCUT2D eigenvalue weighted by molar-refractivity contribution is 7.98. The predicted molar refractivity (Wildman–Crippen MR) is 122 cm³/mol. The van der Waals surface area contributed by atoms with E-state index >= 15 is 0 Å². The van der Waals surface area contributed by atoms with Crippen molar-refractivity contribution in [3.05, 3.63) is 100 Å². The third kappa shape index (κ3) is 3.97. The Morgan fingerprint density at radius 3 is 2.45 bits per heavy atom. The van der Waals surface area contributed by atoms with Gasteiger partial charge in [-0.05, 0) is 48.5 Å². The molecule has 0 radical (unpaired) electrons. The second kappa shape index (κ2) is 8.37. The minimum Gasteiger partial charge on any atom is -0.338 e. The Hall–Kier alpha value is -3.42. The highest BCUT2D eigenvalue weighted by Gasteiger charge is 2.15. The van der Waals surface area contributed by atoms with Gasteiger partial charge in [0.05, 0.1) is 22.3 Å². The number of halogens is 1. The fourth-order valence-electron chi connectivity index (χ4n) is 3.17. The molecule has 8 heteroatoms. The molecule has 2 aromatic heterocycles. The van der Waals surface area contributed by atoms with Gasteiger partial charge in [0.1, 0.15) is 0 Å². The summed E-state index contributed by atoms with van der Waals surface area (Å²) < 4.78 is 7.02. The topological polar surface area (TPSA) is 73.8 Å². The third-order valence-corrected chi connectivity index (χ3v) is 5.83. The third-order valence-electron chi connectivity index (χ3n) is 4.65. The average Bonchev–Trinajstić information content (AvgIpc) is 3.28. The van der Waals surface area contributed by atoms with Crippen LogP contribution in [0.2, 0.25) is 5.02 Å². The fraction of sp³-hybridized carbons (Fsp3) is 0.0435. The maximum absolute atomic E-state index is 13.2. The van der Waals surface area contributed by atoms with E-state index in [1.54, 1.807) is 22.8 Å². The van der Waals surface area contributed by atoms with Gasteiger partial charge >= 0.3 is 0 Å². The molecule has 0 N–H and O–H groups in total. The molecule has 0 unspecified atom stereocenters. The molecule has 0 amide bonds. The highest BCUT2D eigenvalue weighted by atomic mass is 35.5. The van der Waals surface area contributed by atoms with Crippen molar-refractivity contribution < 1.29 is 4.52 Å². The van der Waals surface area contributed by atoms with Gasteiger partial charge in [0, 0.05) is 10.6 Å². The number of para-hydroxylation sites is 2. The number of hydrogen-bond acceptors (Lipinski definition) is 6. The molecule has 5 rings (SSSR count). The molecule has 0 aliphatic rings. The molecule has 31 heavy (non-hydrogen) atoms. The van der Waals surface area contributed by atoms with Crippen molar-refractivity contribution in [3.8, 4) is 17.1 Å². The van der Waals surface area contributed by atoms with Crippen LogP contribution in [0.15, 0.2) is 93.3 Å². The lowest BCUT2D eigenvalue weighted by Crippen LogP contribution is -2.21. The second-order valence-corrected chi connectivity index (χ2v) is 8.07. The van der Waals surface area contributed by atoms with E-state index < -0.39 is 0 Å². The van der Waals surface area contributed by atoms with Gasteiger partial charge in [-0.1, -0.05) is 58.9 Å². The van der Waals surface area contributed by atoms with Crippen LogP contribution in [0.25, 0.3) is 28.0 Å². The lowest BCUT2D eigenvalue weighted by molar-refractivity contribution is 0.391. The second-order valence-electron chi connectivity index (χ2n) is 6.69. The van der Waals surface area contributed by atoms with E-state index in [0.717, 1.165) is 11.3 Å². The quantitative estimate of drug-likeness (QED) is 0.266. The number of fused-ring (bicyclic) bond motifs is 1. The van der Waals surface area contributed by atoms with Crippen LogP contribution in [0.1, 0.15) is 5.89 Å². The summed E-state index contributed by atoms with van der Waals surface area (Å²) in [4.78, 5) is 22.4. The van der Waals surface area contributed by atoms with Gasteiger partial charge in [-0.2, -0.15) is 4.98 Å². The standard InChI is InChI=1S/C23H15ClN4O2S/c24-16-12-10-15(11-13-16)21-26-20(30-27-21)14-31-23-25-19-9-5-4-8-18(19)22(29)28(23)17-6-2-1-3-7-17/h1-13H,14H2. The zero-order chi connectivity index (χ0) is 21.2. The fourth-order valence-corrected chi connectivity index (χ4v) is 4.15. The zero-order valence-electron chi connectivity index (χ0n) is 16.1. The zero-order valence-corrected chi connectivity index (χ0v) is 17.7. The molecule has 0 atom stereocenters. The molecule has 0 saturated carbocycles. The molecule has 3 aromatic carbocycles. The Bertz CT molecular complexity index is 1420. The summed E-state index contributed by atoms with van der Waals surface area (Å²) >= 11 is 7.31. The first kappa shape index (κ1) is 19.5. The SMILES string of the molecule is O=c1c2ccccc2nc(SCc2nc(-c3ccc(Cl)cc3)no2)n1-c1ccccc1. The van der Waals surface area contributed by atoms with Crippen LogP contribution in [-0.2, 0) is 5.75 Å². The maximum Gasteiger partial charge on any atom is 0.266 e. The van der Waals surface area contributed by atoms with E-state index in [1.165, 1.54) is 11.8 Å². The number of rotatable bonds is 5. The Balaban J connectivity index is 1.49. The van der Waals surface area contributed by atoms with Crippen molar-refractivity contribution in [2.45, 2.75) is 10.9 Å². The van der Waals surface area contributed by atoms with Crippen molar-refractivity contribution in [1.82, 2.24) is 19.7 Å². The molecule has 2 heterocycles. The molecule has 0 aliphatic heterocycles. The van der Waals surface area contributed by atoms with Crippen molar-refractivity contribution in [2.75, 3.05) is 0 Å². The Morgan fingerprint density at radius 1 is 0.903 bits per heavy atom. The summed E-state index contributed by atoms with van der Waals surface area (Å²) in [5.41, 5.74) is 2.09. The smallest absolute Gasteiger partial charge is 0.266 e. The summed E-state index contributed by atoms with van der Waals surface area (Å²) in [6.07, 6.45) is 0. The van der Waals surface area contributed by atoms with Crippen LogP contribution < -0.4 is 5.56 Å². The minimum atomic E-state index is -0.119. The van der Waals surface area contributed by atoms with Gasteiger partial charge in [0.2, 0.25) is 11.7 Å². The average molecular weight is 447 g/mol. The molecule has 152 valence electrons. The van der Waals surface area contributed by atoms with E-state index in [2.05, 4.69) is 10.1 Å². The molecular weight excluding hydrogens is 432 g/mol. The van der Waals surface area contributed by atoms with Gasteiger partial charge in [-0.15, -0.1) is 0 Å². The normalized spacial score (nSPS) is 11.1. The molecule has 0 fully saturated rings. The van der Waals surface area contributed by atoms with Crippen molar-refractivity contribution in [1.29, 1.82) is 0 Å². The van der Waals surface area contributed by atoms with E-state index in [-0.39, 0.29) is 5.56 Å². The van der Waals surface area contributed by atoms with Crippen LogP contribution in [0, 0.1) is 0 Å². The van der Waals surface area contributed by atoms with Gasteiger partial charge in [0.25, 0.3) is 5.56 Å². The Kier molecular flexibility index (Phi) is 5.28. The van der Waals surface area contributed by atoms with Gasteiger partial charge in [-0.25, -0.2) is 4.98 Å². The molecule has 0 aliphatic carbocycles. The summed E-state index contributed by atoms with van der Waals surface area (Å²) in [5, 5.41) is 5.81. The van der Waals surface area contributed by atoms with Crippen molar-refractivity contribution in [2.24, 2.45) is 0 Å². The van der Waals surface area contributed by atoms with E-state index in [4.69, 9.17) is 21.1 Å². The summed E-state index contributed by atoms with van der Waals surface area (Å²) in [6.45, 7) is 0. The first-order chi connectivity index (χ1) is 15.2. The molecule has 5 aromatic rings. The minimum absolute atomic E-state index is 0.119. The lowest BCUT2D eigenvalue weighted by atomic mass is 10.2. The van der Waals surface area contributed by atoms with Crippen LogP contribution in [0.4, 0.5) is 0 Å². The highest BCUT2D eigenvalue weighted by Crippen LogP contribution is 2.25. The van der Waals surface area contributed by atoms with E-state index in [9.17, 15) is 4.79 Å². The van der Waals surface area contributed by atoms with Gasteiger partial charge in [-0.3, -0.25) is 9.36 Å². The predicted octanol–water partition coefficient (Wildman–Crippen LogP) is 5.38. The van der Waals surface area contributed by atoms with E-state index in [0.29, 0.717) is 38.5 Å². The molecule has 0 bridgehead atoms. The van der Waals surface area contributed by atoms with Crippen molar-refractivity contribution in [3.63, 3.8) is 0 Å². The van der Waals surface area contributed by atoms with Crippen molar-refractivity contribution >= 4 is 34.3 Å². The van der Waals surface area contributed by atoms with Crippen LogP contribution in [0.5, 0.6) is 0 Å². The summed E-state index contributed by atoms with van der Waals surface area (Å²) in [6, 6.07) is 24.0. The summed E-state index contributed by atoms with van der Waals surface area (Å²) in [5.74, 6) is 1.30. The Labute approximate surface area is 186 Å². The number of thioether (sulfide) groups is 1. The van der Waals surface area contributed by atoms with Gasteiger partial charge in [0.15, 0.2) is 5.16 Å². The maximum atomic E-state index is 13.2. The monoisotopic (exact) mass is 446 g/mol. The molecule has 0 saturated heterocycles. The molecular formula is C23H15ClN4O2S. The number of aromatic nitrogens is 4. The first-order valence-corrected chi connectivity index (χ1v) is 10.8. The summed E-state index contributed by atoms with van der Waals surface area (Å²) in [7, 11) is 0. The first-order valence-electron chi connectivity index (χ1n) is 9.47. The molecule has 6 nitrogen and oxygen atoms in total. The van der Waals surface area contributed by atoms with Crippen LogP contribution in [-0.4, -0.2) is 19.7 Å². The number of benzene rings is 3. The Morgan fingerprint density at radius 2 is 1.65 bits per heavy atom. The number of hydrogen-bond donors (Lipinski definition) is 0. The van der Waals surface area contributed by atoms with Crippen LogP contribution in [0.3, 0.4) is 0 Å². The van der Waals surface area contributed by atoms with Crippen LogP contribution >= 0.6 is 23.4 Å². The van der Waals surface area contributed by atoms with E-state index in [1.807, 2.05) is 60.7 Å². The van der Waals surface area contributed by atoms with Gasteiger partial charge < -0.3 is 4.52 Å². The largest absolute Gasteiger partial charge is 0.338 e. The molecule has 0 spiro atoms. The lowest BCUT2D eigenvalue weighted by Gasteiger charge is -2.12. The number of nitrogens with zero attached hydrogens (tertiary/aromatic N) is 4.